The van der Waals surface area contributed by atoms with Gasteiger partial charge in [-0.05, 0) is 12.1 Å². The van der Waals surface area contributed by atoms with E-state index in [1.807, 2.05) is 0 Å². The molecule has 0 aliphatic heterocycles. The summed E-state index contributed by atoms with van der Waals surface area (Å²) in [5.41, 5.74) is -0.0675. The summed E-state index contributed by atoms with van der Waals surface area (Å²) in [6, 6.07) is 7.04. The highest BCUT2D eigenvalue weighted by Gasteiger charge is 2.32. The zero-order valence-corrected chi connectivity index (χ0v) is 9.57. The van der Waals surface area contributed by atoms with Crippen molar-refractivity contribution in [2.24, 2.45) is 0 Å². The summed E-state index contributed by atoms with van der Waals surface area (Å²) in [4.78, 5) is 15.6. The topological polar surface area (TPSA) is 66.8 Å². The first-order valence-corrected chi connectivity index (χ1v) is 5.58. The molecule has 1 amide bonds. The molecule has 1 aromatic carbocycles. The van der Waals surface area contributed by atoms with Crippen LogP contribution in [0.3, 0.4) is 0 Å². The van der Waals surface area contributed by atoms with Crippen LogP contribution in [0.5, 0.6) is 0 Å². The second kappa shape index (κ2) is 5.94. The third-order valence-corrected chi connectivity index (χ3v) is 2.23. The zero-order chi connectivity index (χ0) is 13.8. The van der Waals surface area contributed by atoms with Crippen molar-refractivity contribution in [3.8, 4) is 0 Å². The van der Waals surface area contributed by atoms with Crippen LogP contribution >= 0.6 is 0 Å². The van der Waals surface area contributed by atoms with Gasteiger partial charge >= 0.3 is 6.18 Å². The SMILES string of the molecule is O=C(c1ccccc1)N(OCC(F)(F)F)S(=O)O. The molecule has 1 unspecified atom stereocenters. The van der Waals surface area contributed by atoms with Crippen LogP contribution in [0.1, 0.15) is 10.4 Å². The Morgan fingerprint density at radius 2 is 1.89 bits per heavy atom. The summed E-state index contributed by atoms with van der Waals surface area (Å²) in [5, 5.41) is 0. The molecule has 1 rings (SSSR count). The van der Waals surface area contributed by atoms with Crippen molar-refractivity contribution in [2.45, 2.75) is 6.18 Å². The van der Waals surface area contributed by atoms with E-state index in [1.54, 1.807) is 6.07 Å². The molecule has 0 saturated heterocycles. The van der Waals surface area contributed by atoms with Crippen LogP contribution in [-0.4, -0.2) is 31.9 Å². The molecule has 0 aliphatic rings. The largest absolute Gasteiger partial charge is 0.414 e. The molecule has 100 valence electrons. The first kappa shape index (κ1) is 14.6. The van der Waals surface area contributed by atoms with Crippen molar-refractivity contribution in [1.29, 1.82) is 0 Å². The maximum atomic E-state index is 11.9. The summed E-state index contributed by atoms with van der Waals surface area (Å²) in [5.74, 6) is -1.14. The molecule has 9 heteroatoms. The fraction of sp³-hybridized carbons (Fsp3) is 0.222. The highest BCUT2D eigenvalue weighted by atomic mass is 32.2. The molecule has 5 nitrogen and oxygen atoms in total. The van der Waals surface area contributed by atoms with Crippen LogP contribution in [0.2, 0.25) is 0 Å². The fourth-order valence-corrected chi connectivity index (χ4v) is 1.38. The Hall–Kier alpha value is -1.45. The van der Waals surface area contributed by atoms with Gasteiger partial charge in [-0.15, -0.1) is 4.47 Å². The number of nitrogens with zero attached hydrogens (tertiary/aromatic N) is 1. The van der Waals surface area contributed by atoms with Crippen molar-refractivity contribution in [3.63, 3.8) is 0 Å². The fourth-order valence-electron chi connectivity index (χ4n) is 0.993. The van der Waals surface area contributed by atoms with E-state index in [0.717, 1.165) is 0 Å². The summed E-state index contributed by atoms with van der Waals surface area (Å²) in [6.45, 7) is -1.84. The molecule has 0 fully saturated rings. The smallest absolute Gasteiger partial charge is 0.288 e. The summed E-state index contributed by atoms with van der Waals surface area (Å²) < 4.78 is 55.0. The maximum Gasteiger partial charge on any atom is 0.414 e. The van der Waals surface area contributed by atoms with Gasteiger partial charge in [-0.25, -0.2) is 9.05 Å². The lowest BCUT2D eigenvalue weighted by Crippen LogP contribution is -2.36. The number of amides is 1. The number of hydrogen-bond acceptors (Lipinski definition) is 3. The lowest BCUT2D eigenvalue weighted by Gasteiger charge is -2.17. The molecule has 0 saturated carbocycles. The molecular formula is C9H8F3NO4S. The van der Waals surface area contributed by atoms with E-state index in [9.17, 15) is 22.2 Å². The van der Waals surface area contributed by atoms with E-state index in [2.05, 4.69) is 4.84 Å². The summed E-state index contributed by atoms with van der Waals surface area (Å²) in [6.07, 6.45) is -4.71. The Bertz CT molecular complexity index is 437. The van der Waals surface area contributed by atoms with E-state index in [0.29, 0.717) is 0 Å². The maximum absolute atomic E-state index is 11.9. The Morgan fingerprint density at radius 3 is 2.33 bits per heavy atom. The number of benzene rings is 1. The van der Waals surface area contributed by atoms with Crippen molar-refractivity contribution in [2.75, 3.05) is 6.61 Å². The monoisotopic (exact) mass is 283 g/mol. The van der Waals surface area contributed by atoms with Crippen molar-refractivity contribution in [3.05, 3.63) is 35.9 Å². The van der Waals surface area contributed by atoms with Gasteiger partial charge in [-0.2, -0.15) is 13.2 Å². The average molecular weight is 283 g/mol. The number of carbonyl (C=O) groups excluding carboxylic acids is 1. The van der Waals surface area contributed by atoms with E-state index in [1.165, 1.54) is 24.3 Å². The Morgan fingerprint density at radius 1 is 1.33 bits per heavy atom. The van der Waals surface area contributed by atoms with E-state index >= 15 is 0 Å². The normalized spacial score (nSPS) is 13.1. The number of carbonyl (C=O) groups is 1. The van der Waals surface area contributed by atoms with E-state index in [-0.39, 0.29) is 10.0 Å². The molecule has 0 heterocycles. The van der Waals surface area contributed by atoms with Gasteiger partial charge in [0.15, 0.2) is 6.61 Å². The number of hydrogen-bond donors (Lipinski definition) is 1. The lowest BCUT2D eigenvalue weighted by atomic mass is 10.2. The molecular weight excluding hydrogens is 275 g/mol. The van der Waals surface area contributed by atoms with Crippen LogP contribution < -0.4 is 0 Å². The number of hydroxylamine groups is 1. The third-order valence-electron chi connectivity index (χ3n) is 1.67. The van der Waals surface area contributed by atoms with Crippen molar-refractivity contribution >= 4 is 17.2 Å². The molecule has 0 aliphatic carbocycles. The molecule has 18 heavy (non-hydrogen) atoms. The standard InChI is InChI=1S/C9H8F3NO4S/c10-9(11,12)6-17-13(18(15)16)8(14)7-4-2-1-3-5-7/h1-5H,6H2,(H,15,16). The number of alkyl halides is 3. The lowest BCUT2D eigenvalue weighted by molar-refractivity contribution is -0.210. The molecule has 0 radical (unpaired) electrons. The van der Waals surface area contributed by atoms with Gasteiger partial charge in [0.1, 0.15) is 0 Å². The van der Waals surface area contributed by atoms with Crippen LogP contribution in [0.4, 0.5) is 13.2 Å². The second-order valence-corrected chi connectivity index (χ2v) is 3.84. The molecule has 0 aromatic heterocycles. The van der Waals surface area contributed by atoms with Gasteiger partial charge in [0.25, 0.3) is 17.2 Å². The highest BCUT2D eigenvalue weighted by molar-refractivity contribution is 7.77. The van der Waals surface area contributed by atoms with E-state index in [4.69, 9.17) is 4.55 Å². The molecule has 1 aromatic rings. The van der Waals surface area contributed by atoms with Crippen molar-refractivity contribution < 1.29 is 31.6 Å². The molecule has 0 spiro atoms. The van der Waals surface area contributed by atoms with Crippen LogP contribution in [0, 0.1) is 0 Å². The minimum Gasteiger partial charge on any atom is -0.288 e. The van der Waals surface area contributed by atoms with Gasteiger partial charge in [0.2, 0.25) is 0 Å². The predicted molar refractivity (Wildman–Crippen MR) is 55.4 cm³/mol. The quantitative estimate of drug-likeness (QED) is 0.675. The second-order valence-electron chi connectivity index (χ2n) is 3.05. The minimum atomic E-state index is -4.71. The van der Waals surface area contributed by atoms with Gasteiger partial charge in [-0.1, -0.05) is 18.2 Å². The highest BCUT2D eigenvalue weighted by Crippen LogP contribution is 2.17. The van der Waals surface area contributed by atoms with Crippen LogP contribution in [0.25, 0.3) is 0 Å². The number of halogens is 3. The van der Waals surface area contributed by atoms with Gasteiger partial charge in [0, 0.05) is 5.56 Å². The zero-order valence-electron chi connectivity index (χ0n) is 8.76. The van der Waals surface area contributed by atoms with E-state index < -0.39 is 30.0 Å². The number of rotatable bonds is 4. The summed E-state index contributed by atoms with van der Waals surface area (Å²) in [7, 11) is 0. The first-order valence-electron chi connectivity index (χ1n) is 4.51. The Kier molecular flexibility index (Phi) is 4.82. The minimum absolute atomic E-state index is 0.0675. The van der Waals surface area contributed by atoms with Crippen molar-refractivity contribution in [1.82, 2.24) is 4.47 Å². The third kappa shape index (κ3) is 4.43. The molecule has 0 bridgehead atoms. The predicted octanol–water partition coefficient (Wildman–Crippen LogP) is 1.76. The average Bonchev–Trinajstić information content (AvgIpc) is 2.28. The van der Waals surface area contributed by atoms with Crippen LogP contribution in [-0.2, 0) is 16.1 Å². The Balaban J connectivity index is 2.80. The van der Waals surface area contributed by atoms with Gasteiger partial charge in [0.05, 0.1) is 0 Å². The van der Waals surface area contributed by atoms with Crippen LogP contribution in [0.15, 0.2) is 30.3 Å². The Labute approximate surface area is 103 Å². The summed E-state index contributed by atoms with van der Waals surface area (Å²) >= 11 is -3.01. The van der Waals surface area contributed by atoms with Gasteiger partial charge < -0.3 is 0 Å². The molecule has 1 N–H and O–H groups in total. The van der Waals surface area contributed by atoms with Gasteiger partial charge in [-0.3, -0.25) is 9.35 Å². The first-order chi connectivity index (χ1) is 8.31. The molecule has 1 atom stereocenters.